The van der Waals surface area contributed by atoms with Crippen molar-refractivity contribution in [3.8, 4) is 0 Å². The topological polar surface area (TPSA) is 127 Å². The number of nitrogens with one attached hydrogen (secondary N) is 1. The molecule has 0 aliphatic carbocycles. The molecule has 0 fully saturated rings. The number of hydrogen-bond acceptors (Lipinski definition) is 7. The van der Waals surface area contributed by atoms with Crippen LogP contribution in [0.1, 0.15) is 11.7 Å². The summed E-state index contributed by atoms with van der Waals surface area (Å²) in [6.07, 6.45) is 0.214. The Bertz CT molecular complexity index is 605. The third kappa shape index (κ3) is 3.18. The van der Waals surface area contributed by atoms with Crippen molar-refractivity contribution in [2.75, 3.05) is 17.6 Å². The average molecular weight is 275 g/mol. The average Bonchev–Trinajstić information content (AvgIpc) is 2.45. The molecule has 0 aliphatic rings. The van der Waals surface area contributed by atoms with E-state index in [-0.39, 0.29) is 24.0 Å². The van der Waals surface area contributed by atoms with E-state index >= 15 is 0 Å². The predicted molar refractivity (Wildman–Crippen MR) is 73.0 cm³/mol. The van der Waals surface area contributed by atoms with Crippen molar-refractivity contribution in [1.82, 2.24) is 9.97 Å². The van der Waals surface area contributed by atoms with Crippen LogP contribution in [0.3, 0.4) is 0 Å². The van der Waals surface area contributed by atoms with E-state index in [1.807, 2.05) is 6.07 Å². The Hall–Kier alpha value is -2.74. The molecule has 0 aliphatic heterocycles. The Balaban J connectivity index is 2.11. The number of benzene rings is 1. The molecule has 20 heavy (non-hydrogen) atoms. The molecule has 1 aromatic heterocycles. The summed E-state index contributed by atoms with van der Waals surface area (Å²) in [7, 11) is 0. The molecule has 0 spiro atoms. The third-order valence-corrected chi connectivity index (χ3v) is 2.63. The Kier molecular flexibility index (Phi) is 4.06. The Morgan fingerprint density at radius 3 is 2.75 bits per heavy atom. The second kappa shape index (κ2) is 5.93. The predicted octanol–water partition coefficient (Wildman–Crippen LogP) is 1.11. The van der Waals surface area contributed by atoms with Gasteiger partial charge < -0.3 is 16.2 Å². The van der Waals surface area contributed by atoms with Gasteiger partial charge in [-0.1, -0.05) is 30.3 Å². The quantitative estimate of drug-likeness (QED) is 0.551. The highest BCUT2D eigenvalue weighted by Crippen LogP contribution is 2.22. The van der Waals surface area contributed by atoms with Crippen molar-refractivity contribution in [3.63, 3.8) is 0 Å². The first-order valence-electron chi connectivity index (χ1n) is 5.81. The van der Waals surface area contributed by atoms with E-state index in [9.17, 15) is 15.2 Å². The maximum atomic E-state index is 10.8. The van der Waals surface area contributed by atoms with Gasteiger partial charge in [-0.25, -0.2) is 4.98 Å². The fourth-order valence-corrected chi connectivity index (χ4v) is 1.64. The molecule has 1 atom stereocenters. The minimum atomic E-state index is -0.813. The van der Waals surface area contributed by atoms with Gasteiger partial charge in [0.1, 0.15) is 6.20 Å². The van der Waals surface area contributed by atoms with Crippen molar-refractivity contribution < 1.29 is 10.0 Å². The molecule has 0 radical (unpaired) electrons. The van der Waals surface area contributed by atoms with Crippen molar-refractivity contribution in [1.29, 1.82) is 0 Å². The highest BCUT2D eigenvalue weighted by atomic mass is 16.6. The van der Waals surface area contributed by atoms with Crippen LogP contribution in [0, 0.1) is 10.1 Å². The van der Waals surface area contributed by atoms with Crippen LogP contribution >= 0.6 is 0 Å². The van der Waals surface area contributed by atoms with Crippen LogP contribution in [0.4, 0.5) is 17.5 Å². The molecular weight excluding hydrogens is 262 g/mol. The number of nitrogen functional groups attached to an aromatic ring is 1. The molecule has 1 aromatic carbocycles. The summed E-state index contributed by atoms with van der Waals surface area (Å²) in [6, 6.07) is 8.94. The summed E-state index contributed by atoms with van der Waals surface area (Å²) in [5.41, 5.74) is 5.80. The number of hydrogen-bond donors (Lipinski definition) is 3. The van der Waals surface area contributed by atoms with Crippen LogP contribution in [0.5, 0.6) is 0 Å². The van der Waals surface area contributed by atoms with E-state index < -0.39 is 11.0 Å². The molecule has 4 N–H and O–H groups in total. The van der Waals surface area contributed by atoms with E-state index in [1.54, 1.807) is 24.3 Å². The number of rotatable bonds is 5. The van der Waals surface area contributed by atoms with E-state index in [0.717, 1.165) is 6.20 Å². The molecular formula is C12H13N5O3. The van der Waals surface area contributed by atoms with Crippen LogP contribution in [-0.4, -0.2) is 26.5 Å². The monoisotopic (exact) mass is 275 g/mol. The van der Waals surface area contributed by atoms with E-state index in [4.69, 9.17) is 5.73 Å². The zero-order chi connectivity index (χ0) is 14.5. The van der Waals surface area contributed by atoms with Crippen LogP contribution in [0.2, 0.25) is 0 Å². The molecule has 0 bridgehead atoms. The Morgan fingerprint density at radius 1 is 1.40 bits per heavy atom. The number of nitro groups is 1. The second-order valence-corrected chi connectivity index (χ2v) is 4.03. The van der Waals surface area contributed by atoms with Gasteiger partial charge in [0.2, 0.25) is 11.8 Å². The van der Waals surface area contributed by atoms with Crippen molar-refractivity contribution in [2.24, 2.45) is 0 Å². The minimum Gasteiger partial charge on any atom is -0.387 e. The molecule has 2 aromatic rings. The summed E-state index contributed by atoms with van der Waals surface area (Å²) in [6.45, 7) is 0.0707. The lowest BCUT2D eigenvalue weighted by molar-refractivity contribution is -0.384. The molecule has 0 amide bonds. The summed E-state index contributed by atoms with van der Waals surface area (Å²) in [5, 5.41) is 23.5. The van der Waals surface area contributed by atoms with Crippen LogP contribution in [0.15, 0.2) is 36.5 Å². The van der Waals surface area contributed by atoms with Crippen molar-refractivity contribution in [3.05, 3.63) is 52.2 Å². The number of nitrogens with two attached hydrogens (primary N) is 1. The number of nitrogens with zero attached hydrogens (tertiary/aromatic N) is 3. The molecule has 2 rings (SSSR count). The van der Waals surface area contributed by atoms with Crippen LogP contribution < -0.4 is 11.1 Å². The van der Waals surface area contributed by atoms with Crippen molar-refractivity contribution >= 4 is 17.5 Å². The van der Waals surface area contributed by atoms with Crippen molar-refractivity contribution in [2.45, 2.75) is 6.10 Å². The van der Waals surface area contributed by atoms with Crippen LogP contribution in [0.25, 0.3) is 0 Å². The largest absolute Gasteiger partial charge is 0.387 e. The maximum absolute atomic E-state index is 10.8. The lowest BCUT2D eigenvalue weighted by atomic mass is 10.1. The molecule has 0 saturated carbocycles. The smallest absolute Gasteiger partial charge is 0.329 e. The normalized spacial score (nSPS) is 11.8. The third-order valence-electron chi connectivity index (χ3n) is 2.63. The first-order valence-corrected chi connectivity index (χ1v) is 5.81. The second-order valence-electron chi connectivity index (χ2n) is 4.03. The van der Waals surface area contributed by atoms with Gasteiger partial charge in [-0.3, -0.25) is 10.1 Å². The zero-order valence-corrected chi connectivity index (χ0v) is 10.4. The van der Waals surface area contributed by atoms with Crippen LogP contribution in [-0.2, 0) is 0 Å². The SMILES string of the molecule is Nc1ncc([N+](=O)[O-])c(NCC(O)c2ccccc2)n1. The first-order chi connectivity index (χ1) is 9.58. The maximum Gasteiger partial charge on any atom is 0.329 e. The molecule has 8 nitrogen and oxygen atoms in total. The van der Waals surface area contributed by atoms with Gasteiger partial charge in [-0.15, -0.1) is 0 Å². The molecule has 0 saturated heterocycles. The van der Waals surface area contributed by atoms with Gasteiger partial charge >= 0.3 is 5.69 Å². The summed E-state index contributed by atoms with van der Waals surface area (Å²) >= 11 is 0. The van der Waals surface area contributed by atoms with E-state index in [2.05, 4.69) is 15.3 Å². The highest BCUT2D eigenvalue weighted by Gasteiger charge is 2.17. The summed E-state index contributed by atoms with van der Waals surface area (Å²) in [4.78, 5) is 17.5. The van der Waals surface area contributed by atoms with Gasteiger partial charge in [-0.05, 0) is 5.56 Å². The summed E-state index contributed by atoms with van der Waals surface area (Å²) < 4.78 is 0. The lowest BCUT2D eigenvalue weighted by Crippen LogP contribution is -2.14. The van der Waals surface area contributed by atoms with E-state index in [1.165, 1.54) is 0 Å². The van der Waals surface area contributed by atoms with Gasteiger partial charge in [-0.2, -0.15) is 4.98 Å². The number of aromatic nitrogens is 2. The highest BCUT2D eigenvalue weighted by molar-refractivity contribution is 5.56. The first kappa shape index (κ1) is 13.7. The van der Waals surface area contributed by atoms with Gasteiger partial charge in [0.15, 0.2) is 0 Å². The fourth-order valence-electron chi connectivity index (χ4n) is 1.64. The number of aliphatic hydroxyl groups excluding tert-OH is 1. The molecule has 1 unspecified atom stereocenters. The number of aliphatic hydroxyl groups is 1. The zero-order valence-electron chi connectivity index (χ0n) is 10.4. The Labute approximate surface area is 114 Å². The fraction of sp³-hybridized carbons (Fsp3) is 0.167. The van der Waals surface area contributed by atoms with E-state index in [0.29, 0.717) is 5.56 Å². The Morgan fingerprint density at radius 2 is 2.10 bits per heavy atom. The van der Waals surface area contributed by atoms with Gasteiger partial charge in [0.05, 0.1) is 11.0 Å². The van der Waals surface area contributed by atoms with Gasteiger partial charge in [0.25, 0.3) is 0 Å². The lowest BCUT2D eigenvalue weighted by Gasteiger charge is -2.12. The molecule has 1 heterocycles. The van der Waals surface area contributed by atoms with Gasteiger partial charge in [0, 0.05) is 6.54 Å². The number of anilines is 2. The minimum absolute atomic E-state index is 0.0162. The molecule has 104 valence electrons. The molecule has 8 heteroatoms. The standard InChI is InChI=1S/C12H13N5O3/c13-12-15-6-9(17(19)20)11(16-12)14-7-10(18)8-4-2-1-3-5-8/h1-6,10,18H,7H2,(H3,13,14,15,16). The summed E-state index contributed by atoms with van der Waals surface area (Å²) in [5.74, 6) is -0.0928.